The van der Waals surface area contributed by atoms with Gasteiger partial charge in [-0.15, -0.1) is 0 Å². The normalized spacial score (nSPS) is 38.8. The predicted molar refractivity (Wildman–Crippen MR) is 48.7 cm³/mol. The van der Waals surface area contributed by atoms with E-state index in [-0.39, 0.29) is 23.4 Å². The summed E-state index contributed by atoms with van der Waals surface area (Å²) in [5.74, 6) is 0. The standard InChI is InChI=1S/C10H18O3/c1-9(2)7(12-9)5-11-6-8-10(3,4)13-8/h7-8H,5-6H2,1-4H3. The summed E-state index contributed by atoms with van der Waals surface area (Å²) >= 11 is 0. The minimum absolute atomic E-state index is 0.0416. The van der Waals surface area contributed by atoms with Crippen molar-refractivity contribution in [1.82, 2.24) is 0 Å². The lowest BCUT2D eigenvalue weighted by molar-refractivity contribution is 0.101. The molecule has 0 N–H and O–H groups in total. The van der Waals surface area contributed by atoms with Gasteiger partial charge in [0.2, 0.25) is 0 Å². The molecule has 2 saturated heterocycles. The average Bonchev–Trinajstić information content (AvgIpc) is 2.75. The fraction of sp³-hybridized carbons (Fsp3) is 1.00. The molecule has 0 aromatic rings. The summed E-state index contributed by atoms with van der Waals surface area (Å²) in [5.41, 5.74) is 0.0832. The summed E-state index contributed by atoms with van der Waals surface area (Å²) in [4.78, 5) is 0. The summed E-state index contributed by atoms with van der Waals surface area (Å²) < 4.78 is 16.3. The van der Waals surface area contributed by atoms with E-state index in [1.54, 1.807) is 0 Å². The van der Waals surface area contributed by atoms with E-state index < -0.39 is 0 Å². The van der Waals surface area contributed by atoms with Crippen molar-refractivity contribution in [2.75, 3.05) is 13.2 Å². The van der Waals surface area contributed by atoms with Crippen LogP contribution in [0.5, 0.6) is 0 Å². The molecule has 2 aliphatic rings. The van der Waals surface area contributed by atoms with Gasteiger partial charge in [0.15, 0.2) is 0 Å². The van der Waals surface area contributed by atoms with Crippen molar-refractivity contribution < 1.29 is 14.2 Å². The first-order chi connectivity index (χ1) is 5.92. The monoisotopic (exact) mass is 186 g/mol. The Morgan fingerprint density at radius 2 is 1.23 bits per heavy atom. The molecule has 3 nitrogen and oxygen atoms in total. The molecule has 0 radical (unpaired) electrons. The van der Waals surface area contributed by atoms with Gasteiger partial charge in [0.05, 0.1) is 24.4 Å². The second-order valence-electron chi connectivity index (χ2n) is 4.96. The van der Waals surface area contributed by atoms with Crippen LogP contribution in [0.3, 0.4) is 0 Å². The minimum atomic E-state index is 0.0416. The van der Waals surface area contributed by atoms with E-state index in [2.05, 4.69) is 27.7 Å². The van der Waals surface area contributed by atoms with Crippen molar-refractivity contribution in [1.29, 1.82) is 0 Å². The van der Waals surface area contributed by atoms with Gasteiger partial charge in [-0.3, -0.25) is 0 Å². The molecule has 2 heterocycles. The maximum absolute atomic E-state index is 5.50. The van der Waals surface area contributed by atoms with Crippen molar-refractivity contribution in [3.05, 3.63) is 0 Å². The van der Waals surface area contributed by atoms with E-state index >= 15 is 0 Å². The third-order valence-corrected chi connectivity index (χ3v) is 2.87. The lowest BCUT2D eigenvalue weighted by Gasteiger charge is -2.00. The van der Waals surface area contributed by atoms with Gasteiger partial charge >= 0.3 is 0 Å². The highest BCUT2D eigenvalue weighted by molar-refractivity contribution is 4.96. The van der Waals surface area contributed by atoms with Crippen molar-refractivity contribution in [3.8, 4) is 0 Å². The topological polar surface area (TPSA) is 34.3 Å². The fourth-order valence-electron chi connectivity index (χ4n) is 1.42. The van der Waals surface area contributed by atoms with Crippen LogP contribution >= 0.6 is 0 Å². The van der Waals surface area contributed by atoms with E-state index in [1.165, 1.54) is 0 Å². The van der Waals surface area contributed by atoms with Crippen molar-refractivity contribution in [3.63, 3.8) is 0 Å². The molecular formula is C10H18O3. The largest absolute Gasteiger partial charge is 0.376 e. The van der Waals surface area contributed by atoms with Crippen LogP contribution in [0.15, 0.2) is 0 Å². The molecule has 2 atom stereocenters. The van der Waals surface area contributed by atoms with Crippen molar-refractivity contribution in [2.24, 2.45) is 0 Å². The molecule has 13 heavy (non-hydrogen) atoms. The second-order valence-corrected chi connectivity index (χ2v) is 4.96. The van der Waals surface area contributed by atoms with Crippen LogP contribution in [0, 0.1) is 0 Å². The van der Waals surface area contributed by atoms with Crippen LogP contribution in [0.4, 0.5) is 0 Å². The molecule has 0 aromatic heterocycles. The van der Waals surface area contributed by atoms with E-state index in [4.69, 9.17) is 14.2 Å². The van der Waals surface area contributed by atoms with Crippen LogP contribution in [0.1, 0.15) is 27.7 Å². The number of hydrogen-bond acceptors (Lipinski definition) is 3. The Bertz CT molecular complexity index is 188. The third kappa shape index (κ3) is 2.03. The maximum atomic E-state index is 5.50. The summed E-state index contributed by atoms with van der Waals surface area (Å²) in [6.45, 7) is 9.72. The Labute approximate surface area is 79.4 Å². The number of rotatable bonds is 4. The zero-order valence-corrected chi connectivity index (χ0v) is 8.79. The number of ether oxygens (including phenoxy) is 3. The van der Waals surface area contributed by atoms with E-state index in [1.807, 2.05) is 0 Å². The first-order valence-electron chi connectivity index (χ1n) is 4.85. The third-order valence-electron chi connectivity index (χ3n) is 2.87. The smallest absolute Gasteiger partial charge is 0.110 e. The average molecular weight is 186 g/mol. The summed E-state index contributed by atoms with van der Waals surface area (Å²) in [6, 6.07) is 0. The molecule has 2 unspecified atom stereocenters. The Hall–Kier alpha value is -0.120. The summed E-state index contributed by atoms with van der Waals surface area (Å²) in [7, 11) is 0. The molecule has 76 valence electrons. The number of epoxide rings is 2. The molecule has 2 fully saturated rings. The SMILES string of the molecule is CC1(C)OC1COCC1OC1(C)C. The van der Waals surface area contributed by atoms with Crippen LogP contribution in [-0.4, -0.2) is 36.6 Å². The van der Waals surface area contributed by atoms with Crippen molar-refractivity contribution >= 4 is 0 Å². The number of hydrogen-bond donors (Lipinski definition) is 0. The highest BCUT2D eigenvalue weighted by Gasteiger charge is 2.50. The fourth-order valence-corrected chi connectivity index (χ4v) is 1.42. The highest BCUT2D eigenvalue weighted by Crippen LogP contribution is 2.37. The molecule has 2 aliphatic heterocycles. The predicted octanol–water partition coefficient (Wildman–Crippen LogP) is 1.36. The van der Waals surface area contributed by atoms with E-state index in [9.17, 15) is 0 Å². The highest BCUT2D eigenvalue weighted by atomic mass is 16.7. The van der Waals surface area contributed by atoms with Gasteiger partial charge in [0, 0.05) is 0 Å². The van der Waals surface area contributed by atoms with Crippen LogP contribution in [0.25, 0.3) is 0 Å². The molecule has 0 bridgehead atoms. The lowest BCUT2D eigenvalue weighted by atomic mass is 10.1. The Morgan fingerprint density at radius 3 is 1.46 bits per heavy atom. The molecular weight excluding hydrogens is 168 g/mol. The van der Waals surface area contributed by atoms with Gasteiger partial charge in [-0.2, -0.15) is 0 Å². The van der Waals surface area contributed by atoms with E-state index in [0.29, 0.717) is 13.2 Å². The zero-order chi connectivity index (χ0) is 9.69. The molecule has 3 heteroatoms. The van der Waals surface area contributed by atoms with Crippen LogP contribution < -0.4 is 0 Å². The quantitative estimate of drug-likeness (QED) is 0.622. The van der Waals surface area contributed by atoms with Gasteiger partial charge < -0.3 is 14.2 Å². The zero-order valence-electron chi connectivity index (χ0n) is 8.79. The summed E-state index contributed by atoms with van der Waals surface area (Å²) in [6.07, 6.45) is 0.573. The van der Waals surface area contributed by atoms with Gasteiger partial charge in [-0.25, -0.2) is 0 Å². The molecule has 0 saturated carbocycles. The first kappa shape index (κ1) is 9.44. The van der Waals surface area contributed by atoms with Crippen LogP contribution in [0.2, 0.25) is 0 Å². The minimum Gasteiger partial charge on any atom is -0.376 e. The summed E-state index contributed by atoms with van der Waals surface area (Å²) in [5, 5.41) is 0. The molecule has 2 rings (SSSR count). The van der Waals surface area contributed by atoms with Crippen molar-refractivity contribution in [2.45, 2.75) is 51.1 Å². The van der Waals surface area contributed by atoms with Gasteiger partial charge in [0.1, 0.15) is 12.2 Å². The Balaban J connectivity index is 1.56. The lowest BCUT2D eigenvalue weighted by Crippen LogP contribution is -2.15. The Morgan fingerprint density at radius 1 is 0.923 bits per heavy atom. The van der Waals surface area contributed by atoms with Gasteiger partial charge in [-0.1, -0.05) is 0 Å². The molecule has 0 aliphatic carbocycles. The van der Waals surface area contributed by atoms with Crippen LogP contribution in [-0.2, 0) is 14.2 Å². The van der Waals surface area contributed by atoms with E-state index in [0.717, 1.165) is 0 Å². The molecule has 0 amide bonds. The van der Waals surface area contributed by atoms with Gasteiger partial charge in [0.25, 0.3) is 0 Å². The molecule has 0 aromatic carbocycles. The second kappa shape index (κ2) is 2.69. The van der Waals surface area contributed by atoms with Gasteiger partial charge in [-0.05, 0) is 27.7 Å². The molecule has 0 spiro atoms. The Kier molecular flexibility index (Phi) is 1.95. The maximum Gasteiger partial charge on any atom is 0.110 e. The first-order valence-corrected chi connectivity index (χ1v) is 4.85.